The van der Waals surface area contributed by atoms with Crippen LogP contribution in [0.25, 0.3) is 17.1 Å². The SMILES string of the molecule is C=C\C(F)=C/C(=C/C=C(/c1cnc(-c2cnc(C)nc2)nc1)N(C)C)[C@@H](C)Nc1ccc(C)nc1C(F)(F)F. The van der Waals surface area contributed by atoms with E-state index in [9.17, 15) is 17.6 Å². The maximum Gasteiger partial charge on any atom is 0.435 e. The number of halogens is 4. The Labute approximate surface area is 224 Å². The molecule has 1 N–H and O–H groups in total. The average molecular weight is 540 g/mol. The summed E-state index contributed by atoms with van der Waals surface area (Å²) in [6.07, 6.45) is 7.45. The van der Waals surface area contributed by atoms with Gasteiger partial charge in [-0.05, 0) is 56.7 Å². The van der Waals surface area contributed by atoms with Gasteiger partial charge < -0.3 is 10.2 Å². The molecule has 0 radical (unpaired) electrons. The molecule has 0 saturated carbocycles. The van der Waals surface area contributed by atoms with Gasteiger partial charge >= 0.3 is 6.18 Å². The number of hydrogen-bond donors (Lipinski definition) is 1. The van der Waals surface area contributed by atoms with Gasteiger partial charge in [-0.2, -0.15) is 13.2 Å². The van der Waals surface area contributed by atoms with Crippen molar-refractivity contribution in [2.24, 2.45) is 0 Å². The zero-order chi connectivity index (χ0) is 28.7. The van der Waals surface area contributed by atoms with Crippen molar-refractivity contribution in [2.45, 2.75) is 33.0 Å². The second kappa shape index (κ2) is 12.4. The van der Waals surface area contributed by atoms with Crippen molar-refractivity contribution in [2.75, 3.05) is 19.4 Å². The third kappa shape index (κ3) is 7.79. The van der Waals surface area contributed by atoms with Crippen LogP contribution in [0, 0.1) is 13.8 Å². The van der Waals surface area contributed by atoms with Crippen molar-refractivity contribution < 1.29 is 17.6 Å². The van der Waals surface area contributed by atoms with E-state index in [1.165, 1.54) is 25.1 Å². The topological polar surface area (TPSA) is 79.7 Å². The molecule has 0 amide bonds. The molecule has 0 saturated heterocycles. The lowest BCUT2D eigenvalue weighted by Gasteiger charge is -2.21. The second-order valence-corrected chi connectivity index (χ2v) is 8.87. The maximum atomic E-state index is 14.3. The van der Waals surface area contributed by atoms with Gasteiger partial charge in [0.25, 0.3) is 0 Å². The molecule has 0 spiro atoms. The number of pyridine rings is 1. The molecule has 3 heterocycles. The number of hydrogen-bond acceptors (Lipinski definition) is 7. The molecule has 1 atom stereocenters. The standard InChI is InChI=1S/C28H29F4N7/c1-7-23(29)12-20(18(3)38-24-10-8-17(2)37-26(24)28(30,31)32)9-11-25(39(5)6)21-13-35-27(36-14-21)22-15-33-19(4)34-16-22/h7-16,18,38H,1H2,2-6H3/b20-9-,23-12+,25-11-/t18-/m1/s1. The molecule has 0 aliphatic carbocycles. The van der Waals surface area contributed by atoms with Crippen LogP contribution in [-0.4, -0.2) is 50.0 Å². The first-order chi connectivity index (χ1) is 18.4. The summed E-state index contributed by atoms with van der Waals surface area (Å²) >= 11 is 0. The maximum absolute atomic E-state index is 14.3. The highest BCUT2D eigenvalue weighted by Crippen LogP contribution is 2.34. The van der Waals surface area contributed by atoms with E-state index in [-0.39, 0.29) is 11.4 Å². The molecule has 11 heteroatoms. The predicted octanol–water partition coefficient (Wildman–Crippen LogP) is 6.33. The highest BCUT2D eigenvalue weighted by molar-refractivity contribution is 5.66. The van der Waals surface area contributed by atoms with Gasteiger partial charge in [-0.25, -0.2) is 29.3 Å². The lowest BCUT2D eigenvalue weighted by molar-refractivity contribution is -0.140. The van der Waals surface area contributed by atoms with Gasteiger partial charge in [0, 0.05) is 61.9 Å². The molecule has 3 rings (SSSR count). The highest BCUT2D eigenvalue weighted by atomic mass is 19.4. The molecule has 0 aromatic carbocycles. The fourth-order valence-electron chi connectivity index (χ4n) is 3.54. The summed E-state index contributed by atoms with van der Waals surface area (Å²) in [4.78, 5) is 22.6. The fraction of sp³-hybridized carbons (Fsp3) is 0.250. The van der Waals surface area contributed by atoms with Crippen LogP contribution in [0.3, 0.4) is 0 Å². The van der Waals surface area contributed by atoms with Crippen molar-refractivity contribution in [3.63, 3.8) is 0 Å². The number of alkyl halides is 3. The van der Waals surface area contributed by atoms with Crippen LogP contribution in [0.1, 0.15) is 29.7 Å². The summed E-state index contributed by atoms with van der Waals surface area (Å²) in [7, 11) is 3.63. The first-order valence-corrected chi connectivity index (χ1v) is 11.9. The molecule has 204 valence electrons. The lowest BCUT2D eigenvalue weighted by atomic mass is 10.0. The van der Waals surface area contributed by atoms with Crippen molar-refractivity contribution in [3.8, 4) is 11.4 Å². The van der Waals surface area contributed by atoms with Gasteiger partial charge in [0.1, 0.15) is 11.7 Å². The zero-order valence-electron chi connectivity index (χ0n) is 22.3. The highest BCUT2D eigenvalue weighted by Gasteiger charge is 2.36. The molecule has 0 bridgehead atoms. The van der Waals surface area contributed by atoms with Crippen LogP contribution in [0.15, 0.2) is 79.2 Å². The van der Waals surface area contributed by atoms with Crippen LogP contribution >= 0.6 is 0 Å². The average Bonchev–Trinajstić information content (AvgIpc) is 2.89. The Morgan fingerprint density at radius 3 is 2.21 bits per heavy atom. The summed E-state index contributed by atoms with van der Waals surface area (Å²) in [6, 6.07) is 2.07. The van der Waals surface area contributed by atoms with E-state index in [2.05, 4.69) is 36.8 Å². The van der Waals surface area contributed by atoms with Gasteiger partial charge in [0.2, 0.25) is 0 Å². The van der Waals surface area contributed by atoms with Crippen LogP contribution in [0.2, 0.25) is 0 Å². The molecule has 3 aromatic heterocycles. The van der Waals surface area contributed by atoms with Gasteiger partial charge in [-0.15, -0.1) is 0 Å². The Bertz CT molecular complexity index is 1390. The summed E-state index contributed by atoms with van der Waals surface area (Å²) in [5, 5.41) is 2.82. The third-order valence-electron chi connectivity index (χ3n) is 5.58. The third-order valence-corrected chi connectivity index (χ3v) is 5.58. The van der Waals surface area contributed by atoms with E-state index in [4.69, 9.17) is 0 Å². The zero-order valence-corrected chi connectivity index (χ0v) is 22.3. The minimum atomic E-state index is -4.66. The number of aryl methyl sites for hydroxylation is 2. The predicted molar refractivity (Wildman–Crippen MR) is 144 cm³/mol. The van der Waals surface area contributed by atoms with Crippen LogP contribution in [-0.2, 0) is 6.18 Å². The number of anilines is 1. The normalized spacial score (nSPS) is 13.7. The molecule has 39 heavy (non-hydrogen) atoms. The Hall–Kier alpha value is -4.41. The van der Waals surface area contributed by atoms with Crippen LogP contribution in [0.4, 0.5) is 23.2 Å². The van der Waals surface area contributed by atoms with Crippen LogP contribution < -0.4 is 5.32 Å². The number of aromatic nitrogens is 5. The molecule has 0 aliphatic heterocycles. The quantitative estimate of drug-likeness (QED) is 0.251. The van der Waals surface area contributed by atoms with Gasteiger partial charge in [-0.3, -0.25) is 0 Å². The monoisotopic (exact) mass is 539 g/mol. The van der Waals surface area contributed by atoms with Crippen molar-refractivity contribution in [1.29, 1.82) is 0 Å². The number of rotatable bonds is 9. The van der Waals surface area contributed by atoms with Crippen molar-refractivity contribution >= 4 is 11.4 Å². The van der Waals surface area contributed by atoms with E-state index in [0.717, 1.165) is 6.08 Å². The summed E-state index contributed by atoms with van der Waals surface area (Å²) < 4.78 is 55.0. The molecule has 3 aromatic rings. The smallest absolute Gasteiger partial charge is 0.377 e. The Morgan fingerprint density at radius 1 is 1.00 bits per heavy atom. The van der Waals surface area contributed by atoms with E-state index in [1.807, 2.05) is 19.0 Å². The first-order valence-electron chi connectivity index (χ1n) is 11.9. The Balaban J connectivity index is 1.98. The molecular formula is C28H29F4N7. The van der Waals surface area contributed by atoms with Crippen molar-refractivity contribution in [1.82, 2.24) is 29.8 Å². The van der Waals surface area contributed by atoms with Crippen molar-refractivity contribution in [3.05, 3.63) is 102 Å². The number of nitrogens with zero attached hydrogens (tertiary/aromatic N) is 6. The Morgan fingerprint density at radius 2 is 1.64 bits per heavy atom. The molecular weight excluding hydrogens is 510 g/mol. The number of nitrogens with one attached hydrogen (secondary N) is 1. The fourth-order valence-corrected chi connectivity index (χ4v) is 3.54. The lowest BCUT2D eigenvalue weighted by Crippen LogP contribution is -2.21. The summed E-state index contributed by atoms with van der Waals surface area (Å²) in [5.74, 6) is 0.449. The first kappa shape index (κ1) is 29.2. The largest absolute Gasteiger partial charge is 0.435 e. The molecule has 7 nitrogen and oxygen atoms in total. The van der Waals surface area contributed by atoms with E-state index in [0.29, 0.717) is 34.0 Å². The minimum Gasteiger partial charge on any atom is -0.377 e. The van der Waals surface area contributed by atoms with Gasteiger partial charge in [-0.1, -0.05) is 12.7 Å². The van der Waals surface area contributed by atoms with Crippen LogP contribution in [0.5, 0.6) is 0 Å². The van der Waals surface area contributed by atoms with E-state index >= 15 is 0 Å². The van der Waals surface area contributed by atoms with Gasteiger partial charge in [0.05, 0.1) is 11.3 Å². The van der Waals surface area contributed by atoms with E-state index in [1.54, 1.807) is 50.8 Å². The Kier molecular flexibility index (Phi) is 9.29. The molecule has 0 aliphatic rings. The molecule has 0 fully saturated rings. The van der Waals surface area contributed by atoms with E-state index < -0.39 is 23.7 Å². The minimum absolute atomic E-state index is 0.209. The summed E-state index contributed by atoms with van der Waals surface area (Å²) in [6.45, 7) is 8.31. The second-order valence-electron chi connectivity index (χ2n) is 8.87. The summed E-state index contributed by atoms with van der Waals surface area (Å²) in [5.41, 5.74) is 1.38. The molecule has 0 unspecified atom stereocenters. The van der Waals surface area contributed by atoms with Gasteiger partial charge in [0.15, 0.2) is 11.5 Å². The number of allylic oxidation sites excluding steroid dienone is 4.